The topological polar surface area (TPSA) is 60.5 Å². The van der Waals surface area contributed by atoms with E-state index >= 15 is 0 Å². The normalized spacial score (nSPS) is 23.0. The lowest BCUT2D eigenvalue weighted by Gasteiger charge is -2.36. The molecular weight excluding hydrogens is 434 g/mol. The molecule has 0 amide bonds. The van der Waals surface area contributed by atoms with Crippen molar-refractivity contribution in [2.75, 3.05) is 7.05 Å². The third kappa shape index (κ3) is 4.03. The highest BCUT2D eigenvalue weighted by molar-refractivity contribution is 7.19. The number of aromatic nitrogens is 2. The van der Waals surface area contributed by atoms with Gasteiger partial charge in [0.15, 0.2) is 0 Å². The van der Waals surface area contributed by atoms with Crippen LogP contribution >= 0.6 is 11.3 Å². The van der Waals surface area contributed by atoms with Crippen LogP contribution in [0.2, 0.25) is 0 Å². The van der Waals surface area contributed by atoms with Crippen LogP contribution in [0.1, 0.15) is 36.3 Å². The van der Waals surface area contributed by atoms with Crippen molar-refractivity contribution >= 4 is 33.7 Å². The molecule has 168 valence electrons. The Morgan fingerprint density at radius 1 is 1.12 bits per heavy atom. The predicted molar refractivity (Wildman–Crippen MR) is 131 cm³/mol. The molecule has 4 aromatic rings. The first-order chi connectivity index (χ1) is 16.1. The highest BCUT2D eigenvalue weighted by atomic mass is 32.1. The van der Waals surface area contributed by atoms with E-state index in [9.17, 15) is 4.79 Å². The zero-order valence-electron chi connectivity index (χ0n) is 18.4. The minimum atomic E-state index is -0.289. The van der Waals surface area contributed by atoms with Gasteiger partial charge >= 0.3 is 5.69 Å². The minimum absolute atomic E-state index is 0.268. The molecule has 2 aliphatic rings. The number of ether oxygens (including phenoxy) is 1. The van der Waals surface area contributed by atoms with E-state index in [0.29, 0.717) is 17.6 Å². The molecule has 2 bridgehead atoms. The first kappa shape index (κ1) is 20.4. The summed E-state index contributed by atoms with van der Waals surface area (Å²) < 4.78 is 14.2. The summed E-state index contributed by atoms with van der Waals surface area (Å²) >= 11 is 1.59. The largest absolute Gasteiger partial charge is 0.490 e. The number of fused-ring (bicyclic) bond motifs is 3. The second-order valence-electron chi connectivity index (χ2n) is 8.90. The second kappa shape index (κ2) is 8.32. The summed E-state index contributed by atoms with van der Waals surface area (Å²) in [6.07, 6.45) is 12.4. The van der Waals surface area contributed by atoms with Gasteiger partial charge in [-0.25, -0.2) is 4.79 Å². The number of piperidine rings is 1. The van der Waals surface area contributed by atoms with Crippen molar-refractivity contribution in [1.82, 2.24) is 14.5 Å². The first-order valence-corrected chi connectivity index (χ1v) is 12.2. The molecular formula is C26H25N3O3S. The number of hydrogen-bond donors (Lipinski definition) is 0. The summed E-state index contributed by atoms with van der Waals surface area (Å²) in [5, 5.41) is 0. The van der Waals surface area contributed by atoms with Gasteiger partial charge in [-0.2, -0.15) is 4.98 Å². The van der Waals surface area contributed by atoms with E-state index < -0.39 is 0 Å². The van der Waals surface area contributed by atoms with Crippen LogP contribution in [0.3, 0.4) is 0 Å². The molecule has 2 fully saturated rings. The van der Waals surface area contributed by atoms with Crippen molar-refractivity contribution in [2.24, 2.45) is 0 Å². The Balaban J connectivity index is 1.20. The molecule has 3 aromatic heterocycles. The van der Waals surface area contributed by atoms with Crippen LogP contribution in [0.25, 0.3) is 28.1 Å². The van der Waals surface area contributed by atoms with E-state index in [2.05, 4.69) is 16.9 Å². The highest BCUT2D eigenvalue weighted by Gasteiger charge is 2.39. The van der Waals surface area contributed by atoms with Crippen molar-refractivity contribution in [2.45, 2.75) is 43.9 Å². The van der Waals surface area contributed by atoms with Crippen molar-refractivity contribution < 1.29 is 9.15 Å². The highest BCUT2D eigenvalue weighted by Crippen LogP contribution is 2.36. The molecule has 0 spiro atoms. The fraction of sp³-hybridized carbons (Fsp3) is 0.308. The molecule has 5 heterocycles. The fourth-order valence-electron chi connectivity index (χ4n) is 5.08. The molecule has 0 N–H and O–H groups in total. The van der Waals surface area contributed by atoms with E-state index in [1.54, 1.807) is 22.2 Å². The maximum atomic E-state index is 12.7. The van der Waals surface area contributed by atoms with E-state index in [-0.39, 0.29) is 11.8 Å². The van der Waals surface area contributed by atoms with Gasteiger partial charge in [0.05, 0.1) is 22.2 Å². The molecule has 2 atom stereocenters. The summed E-state index contributed by atoms with van der Waals surface area (Å²) in [6, 6.07) is 14.7. The maximum Gasteiger partial charge on any atom is 0.352 e. The Morgan fingerprint density at radius 3 is 2.64 bits per heavy atom. The average molecular weight is 460 g/mol. The summed E-state index contributed by atoms with van der Waals surface area (Å²) in [6.45, 7) is 0. The van der Waals surface area contributed by atoms with Crippen molar-refractivity contribution in [3.05, 3.63) is 76.0 Å². The fourth-order valence-corrected chi connectivity index (χ4v) is 6.00. The lowest BCUT2D eigenvalue weighted by Crippen LogP contribution is -2.43. The molecule has 33 heavy (non-hydrogen) atoms. The van der Waals surface area contributed by atoms with Crippen LogP contribution < -0.4 is 10.4 Å². The van der Waals surface area contributed by atoms with Crippen LogP contribution in [-0.4, -0.2) is 39.7 Å². The molecule has 2 saturated heterocycles. The monoisotopic (exact) mass is 459 g/mol. The molecule has 1 aromatic carbocycles. The average Bonchev–Trinajstić information content (AvgIpc) is 3.51. The number of hydrogen-bond acceptors (Lipinski definition) is 6. The van der Waals surface area contributed by atoms with E-state index in [4.69, 9.17) is 9.15 Å². The standard InChI is InChI=1S/C26H25N3O3S/c1-28-18-4-5-19(28)14-22(13-18)32-21-8-6-17(7-9-21)29-16-25-24(27-26(29)30)15-23(33-25)11-10-20-3-2-12-31-20/h2-3,6-12,15-16,18-19,22H,4-5,13-14H2,1H3/b11-10+. The van der Waals surface area contributed by atoms with Crippen LogP contribution in [0, 0.1) is 0 Å². The molecule has 0 radical (unpaired) electrons. The van der Waals surface area contributed by atoms with E-state index in [1.165, 1.54) is 12.8 Å². The quantitative estimate of drug-likeness (QED) is 0.410. The lowest BCUT2D eigenvalue weighted by atomic mass is 10.0. The molecule has 2 aliphatic heterocycles. The Labute approximate surface area is 195 Å². The zero-order chi connectivity index (χ0) is 22.4. The molecule has 7 heteroatoms. The minimum Gasteiger partial charge on any atom is -0.490 e. The number of nitrogens with zero attached hydrogens (tertiary/aromatic N) is 3. The van der Waals surface area contributed by atoms with Gasteiger partial charge < -0.3 is 14.1 Å². The van der Waals surface area contributed by atoms with Gasteiger partial charge in [-0.3, -0.25) is 4.57 Å². The molecule has 2 unspecified atom stereocenters. The number of thiophene rings is 1. The van der Waals surface area contributed by atoms with Crippen LogP contribution in [-0.2, 0) is 0 Å². The first-order valence-electron chi connectivity index (χ1n) is 11.4. The van der Waals surface area contributed by atoms with Crippen molar-refractivity contribution in [3.63, 3.8) is 0 Å². The number of furan rings is 1. The molecule has 0 saturated carbocycles. The Bertz CT molecular complexity index is 1340. The van der Waals surface area contributed by atoms with Crippen LogP contribution in [0.15, 0.2) is 64.1 Å². The van der Waals surface area contributed by atoms with Gasteiger partial charge in [0.1, 0.15) is 17.6 Å². The SMILES string of the molecule is CN1C2CCC1CC(Oc1ccc(-n3cc4sc(/C=C/c5ccco5)cc4nc3=O)cc1)C2. The van der Waals surface area contributed by atoms with Crippen molar-refractivity contribution in [3.8, 4) is 11.4 Å². The summed E-state index contributed by atoms with van der Waals surface area (Å²) in [7, 11) is 2.24. The van der Waals surface area contributed by atoms with Crippen molar-refractivity contribution in [1.29, 1.82) is 0 Å². The Hall–Kier alpha value is -3.16. The predicted octanol–water partition coefficient (Wildman–Crippen LogP) is 5.21. The summed E-state index contributed by atoms with van der Waals surface area (Å²) in [5.41, 5.74) is 1.20. The third-order valence-corrected chi connectivity index (χ3v) is 7.88. The molecule has 6 rings (SSSR count). The number of benzene rings is 1. The molecule has 0 aliphatic carbocycles. The van der Waals surface area contributed by atoms with Gasteiger partial charge in [-0.1, -0.05) is 0 Å². The smallest absolute Gasteiger partial charge is 0.352 e. The summed E-state index contributed by atoms with van der Waals surface area (Å²) in [5.74, 6) is 1.64. The van der Waals surface area contributed by atoms with Gasteiger partial charge in [0, 0.05) is 23.2 Å². The lowest BCUT2D eigenvalue weighted by molar-refractivity contribution is 0.0662. The number of rotatable bonds is 5. The van der Waals surface area contributed by atoms with E-state index in [1.807, 2.05) is 60.8 Å². The third-order valence-electron chi connectivity index (χ3n) is 6.86. The van der Waals surface area contributed by atoms with Gasteiger partial charge in [0.25, 0.3) is 0 Å². The Kier molecular flexibility index (Phi) is 5.15. The summed E-state index contributed by atoms with van der Waals surface area (Å²) in [4.78, 5) is 20.5. The maximum absolute atomic E-state index is 12.7. The van der Waals surface area contributed by atoms with Gasteiger partial charge in [-0.15, -0.1) is 11.3 Å². The Morgan fingerprint density at radius 2 is 1.91 bits per heavy atom. The van der Waals surface area contributed by atoms with Gasteiger partial charge in [0.2, 0.25) is 0 Å². The second-order valence-corrected chi connectivity index (χ2v) is 10.0. The molecule has 6 nitrogen and oxygen atoms in total. The van der Waals surface area contributed by atoms with E-state index in [0.717, 1.165) is 39.6 Å². The zero-order valence-corrected chi connectivity index (χ0v) is 19.2. The van der Waals surface area contributed by atoms with Crippen LogP contribution in [0.4, 0.5) is 0 Å². The van der Waals surface area contributed by atoms with Gasteiger partial charge in [-0.05, 0) is 87.3 Å². The van der Waals surface area contributed by atoms with Crippen LogP contribution in [0.5, 0.6) is 5.75 Å².